The molecule has 0 bridgehead atoms. The maximum atomic E-state index is 13.7. The Hall–Kier alpha value is -2.62. The topological polar surface area (TPSA) is 88.2 Å². The van der Waals surface area contributed by atoms with E-state index in [1.54, 1.807) is 30.3 Å². The third kappa shape index (κ3) is 6.69. The van der Waals surface area contributed by atoms with E-state index >= 15 is 0 Å². The van der Waals surface area contributed by atoms with Crippen molar-refractivity contribution in [3.63, 3.8) is 0 Å². The molecule has 8 nitrogen and oxygen atoms in total. The summed E-state index contributed by atoms with van der Waals surface area (Å²) >= 11 is 0. The summed E-state index contributed by atoms with van der Waals surface area (Å²) in [6, 6.07) is 12.0. The minimum Gasteiger partial charge on any atom is -0.495 e. The molecule has 2 aromatic carbocycles. The predicted molar refractivity (Wildman–Crippen MR) is 128 cm³/mol. The van der Waals surface area contributed by atoms with Crippen molar-refractivity contribution in [2.75, 3.05) is 57.4 Å². The number of ether oxygens (including phenoxy) is 2. The Balaban J connectivity index is 1.75. The zero-order valence-electron chi connectivity index (χ0n) is 19.5. The Kier molecular flexibility index (Phi) is 8.71. The van der Waals surface area contributed by atoms with Crippen LogP contribution in [-0.4, -0.2) is 72.3 Å². The first kappa shape index (κ1) is 25.0. The van der Waals surface area contributed by atoms with E-state index in [1.807, 2.05) is 26.0 Å². The van der Waals surface area contributed by atoms with Gasteiger partial charge in [-0.3, -0.25) is 14.0 Å². The van der Waals surface area contributed by atoms with Crippen LogP contribution in [0.4, 0.5) is 5.69 Å². The molecule has 1 aliphatic rings. The number of anilines is 1. The molecule has 0 aromatic heterocycles. The highest BCUT2D eigenvalue weighted by molar-refractivity contribution is 7.93. The number of hydrogen-bond donors (Lipinski definition) is 1. The molecule has 9 heteroatoms. The van der Waals surface area contributed by atoms with Gasteiger partial charge in [-0.15, -0.1) is 0 Å². The van der Waals surface area contributed by atoms with Crippen LogP contribution < -0.4 is 14.4 Å². The van der Waals surface area contributed by atoms with E-state index in [2.05, 4.69) is 10.2 Å². The Labute approximate surface area is 196 Å². The van der Waals surface area contributed by atoms with Crippen molar-refractivity contribution >= 4 is 21.6 Å². The maximum absolute atomic E-state index is 13.7. The van der Waals surface area contributed by atoms with E-state index in [0.717, 1.165) is 54.7 Å². The van der Waals surface area contributed by atoms with Gasteiger partial charge < -0.3 is 14.8 Å². The van der Waals surface area contributed by atoms with E-state index in [-0.39, 0.29) is 23.1 Å². The zero-order valence-corrected chi connectivity index (χ0v) is 20.4. The first-order valence-electron chi connectivity index (χ1n) is 11.1. The number of nitrogens with one attached hydrogen (secondary N) is 1. The molecule has 1 N–H and O–H groups in total. The molecule has 1 fully saturated rings. The maximum Gasteiger partial charge on any atom is 0.268 e. The van der Waals surface area contributed by atoms with Gasteiger partial charge >= 0.3 is 0 Å². The molecule has 0 radical (unpaired) electrons. The van der Waals surface area contributed by atoms with Crippen LogP contribution in [0.1, 0.15) is 17.5 Å². The first-order chi connectivity index (χ1) is 15.8. The van der Waals surface area contributed by atoms with Gasteiger partial charge in [0.05, 0.1) is 26.0 Å². The highest BCUT2D eigenvalue weighted by Crippen LogP contribution is 2.31. The van der Waals surface area contributed by atoms with E-state index in [4.69, 9.17) is 9.47 Å². The van der Waals surface area contributed by atoms with Crippen molar-refractivity contribution in [1.29, 1.82) is 0 Å². The average Bonchev–Trinajstić information content (AvgIpc) is 2.81. The lowest BCUT2D eigenvalue weighted by Gasteiger charge is -2.27. The lowest BCUT2D eigenvalue weighted by atomic mass is 10.2. The molecule has 1 saturated heterocycles. The van der Waals surface area contributed by atoms with Gasteiger partial charge in [-0.1, -0.05) is 23.8 Å². The molecule has 2 aromatic rings. The van der Waals surface area contributed by atoms with Crippen LogP contribution in [-0.2, 0) is 19.6 Å². The van der Waals surface area contributed by atoms with Gasteiger partial charge in [0.25, 0.3) is 10.0 Å². The van der Waals surface area contributed by atoms with Crippen LogP contribution in [0.15, 0.2) is 47.4 Å². The fourth-order valence-corrected chi connectivity index (χ4v) is 5.34. The number of benzene rings is 2. The summed E-state index contributed by atoms with van der Waals surface area (Å²) in [5.74, 6) is -0.114. The number of amides is 1. The molecule has 180 valence electrons. The molecule has 0 saturated carbocycles. The number of morpholine rings is 1. The third-order valence-electron chi connectivity index (χ3n) is 5.57. The van der Waals surface area contributed by atoms with E-state index in [9.17, 15) is 13.2 Å². The number of aryl methyl sites for hydroxylation is 2. The molecule has 1 amide bonds. The second-order valence-electron chi connectivity index (χ2n) is 8.16. The summed E-state index contributed by atoms with van der Waals surface area (Å²) in [6.45, 7) is 8.02. The summed E-state index contributed by atoms with van der Waals surface area (Å²) in [5.41, 5.74) is 2.20. The van der Waals surface area contributed by atoms with Crippen LogP contribution in [0.2, 0.25) is 0 Å². The summed E-state index contributed by atoms with van der Waals surface area (Å²) in [7, 11) is -2.62. The molecule has 0 unspecified atom stereocenters. The van der Waals surface area contributed by atoms with Gasteiger partial charge in [0, 0.05) is 19.6 Å². The Morgan fingerprint density at radius 2 is 1.76 bits per heavy atom. The molecular weight excluding hydrogens is 442 g/mol. The lowest BCUT2D eigenvalue weighted by Crippen LogP contribution is -2.42. The average molecular weight is 476 g/mol. The van der Waals surface area contributed by atoms with Crippen LogP contribution in [0.5, 0.6) is 5.75 Å². The molecule has 0 spiro atoms. The van der Waals surface area contributed by atoms with Gasteiger partial charge in [0.15, 0.2) is 0 Å². The van der Waals surface area contributed by atoms with Gasteiger partial charge in [-0.05, 0) is 56.6 Å². The van der Waals surface area contributed by atoms with E-state index in [1.165, 1.54) is 7.11 Å². The van der Waals surface area contributed by atoms with Crippen molar-refractivity contribution in [3.8, 4) is 5.75 Å². The summed E-state index contributed by atoms with van der Waals surface area (Å²) in [6.07, 6.45) is 0.786. The molecule has 0 aliphatic carbocycles. The number of methoxy groups -OCH3 is 1. The second kappa shape index (κ2) is 11.5. The lowest BCUT2D eigenvalue weighted by molar-refractivity contribution is -0.119. The number of carbonyl (C=O) groups is 1. The molecular formula is C24H33N3O5S. The Bertz CT molecular complexity index is 1030. The summed E-state index contributed by atoms with van der Waals surface area (Å²) in [4.78, 5) is 15.1. The van der Waals surface area contributed by atoms with Crippen molar-refractivity contribution in [2.45, 2.75) is 25.2 Å². The minimum atomic E-state index is -4.05. The fourth-order valence-electron chi connectivity index (χ4n) is 3.67. The van der Waals surface area contributed by atoms with Crippen LogP contribution in [0.25, 0.3) is 0 Å². The zero-order chi connectivity index (χ0) is 23.8. The number of nitrogens with zero attached hydrogens (tertiary/aromatic N) is 2. The highest BCUT2D eigenvalue weighted by atomic mass is 32.2. The number of sulfonamides is 1. The van der Waals surface area contributed by atoms with E-state index in [0.29, 0.717) is 12.2 Å². The van der Waals surface area contributed by atoms with E-state index < -0.39 is 10.0 Å². The standard InChI is InChI=1S/C24H33N3O5S/c1-19-5-8-21(9-6-19)27(33(29,30)23-17-20(2)7-10-22(23)31-3)18-24(28)25-11-4-12-26-13-15-32-16-14-26/h5-10,17H,4,11-16,18H2,1-3H3,(H,25,28). The van der Waals surface area contributed by atoms with Gasteiger partial charge in [-0.2, -0.15) is 0 Å². The van der Waals surface area contributed by atoms with Crippen molar-refractivity contribution in [2.24, 2.45) is 0 Å². The predicted octanol–water partition coefficient (Wildman–Crippen LogP) is 2.35. The molecule has 1 heterocycles. The first-order valence-corrected chi connectivity index (χ1v) is 12.6. The SMILES string of the molecule is COc1ccc(C)cc1S(=O)(=O)N(CC(=O)NCCCN1CCOCC1)c1ccc(C)cc1. The molecule has 1 aliphatic heterocycles. The second-order valence-corrected chi connectivity index (χ2v) is 9.99. The quantitative estimate of drug-likeness (QED) is 0.531. The van der Waals surface area contributed by atoms with Crippen LogP contribution in [0.3, 0.4) is 0 Å². The van der Waals surface area contributed by atoms with Gasteiger partial charge in [-0.25, -0.2) is 8.42 Å². The number of rotatable bonds is 10. The third-order valence-corrected chi connectivity index (χ3v) is 7.37. The van der Waals surface area contributed by atoms with Crippen molar-refractivity contribution in [1.82, 2.24) is 10.2 Å². The van der Waals surface area contributed by atoms with Crippen molar-refractivity contribution in [3.05, 3.63) is 53.6 Å². The Morgan fingerprint density at radius 1 is 1.09 bits per heavy atom. The molecule has 0 atom stereocenters. The van der Waals surface area contributed by atoms with Gasteiger partial charge in [0.1, 0.15) is 17.2 Å². The smallest absolute Gasteiger partial charge is 0.268 e. The Morgan fingerprint density at radius 3 is 2.42 bits per heavy atom. The molecule has 3 rings (SSSR count). The minimum absolute atomic E-state index is 0.0330. The summed E-state index contributed by atoms with van der Waals surface area (Å²) in [5, 5.41) is 2.86. The van der Waals surface area contributed by atoms with Crippen LogP contribution in [0, 0.1) is 13.8 Å². The molecule has 33 heavy (non-hydrogen) atoms. The summed E-state index contributed by atoms with van der Waals surface area (Å²) < 4.78 is 39.1. The number of hydrogen-bond acceptors (Lipinski definition) is 6. The van der Waals surface area contributed by atoms with Gasteiger partial charge in [0.2, 0.25) is 5.91 Å². The number of carbonyl (C=O) groups excluding carboxylic acids is 1. The van der Waals surface area contributed by atoms with Crippen molar-refractivity contribution < 1.29 is 22.7 Å². The monoisotopic (exact) mass is 475 g/mol. The van der Waals surface area contributed by atoms with Crippen LogP contribution >= 0.6 is 0 Å². The fraction of sp³-hybridized carbons (Fsp3) is 0.458. The normalized spacial score (nSPS) is 14.6. The highest BCUT2D eigenvalue weighted by Gasteiger charge is 2.30. The largest absolute Gasteiger partial charge is 0.495 e.